The molecule has 0 N–H and O–H groups in total. The van der Waals surface area contributed by atoms with Gasteiger partial charge in [0, 0.05) is 10.9 Å². The van der Waals surface area contributed by atoms with Gasteiger partial charge in [0.1, 0.15) is 0 Å². The van der Waals surface area contributed by atoms with Crippen molar-refractivity contribution in [2.75, 3.05) is 0 Å². The average Bonchev–Trinajstić information content (AvgIpc) is 2.92. The minimum absolute atomic E-state index is 0.162. The lowest BCUT2D eigenvalue weighted by atomic mass is 9.51. The topological polar surface area (TPSA) is 34.1 Å². The van der Waals surface area contributed by atoms with E-state index in [9.17, 15) is 8.42 Å². The molecule has 2 nitrogen and oxygen atoms in total. The summed E-state index contributed by atoms with van der Waals surface area (Å²) < 4.78 is 27.0. The van der Waals surface area contributed by atoms with Gasteiger partial charge in [-0.3, -0.25) is 0 Å². The quantitative estimate of drug-likeness (QED) is 0.742. The Kier molecular flexibility index (Phi) is 3.40. The Morgan fingerprint density at radius 3 is 2.48 bits per heavy atom. The standard InChI is InChI=1S/C21H21ClO2S/c22-15-9-11-16(12-10-15)25(23,24)21-13-14-5-1-2-6-17(14)20(21)18-7-3-4-8-19(18)21/h1-2,5-6,9-12,18-20H,3-4,7-8,13H2/t18-,19-,20+,21-/m0/s1. The maximum Gasteiger partial charge on any atom is 0.185 e. The first-order valence-corrected chi connectivity index (χ1v) is 11.0. The second kappa shape index (κ2) is 5.34. The zero-order chi connectivity index (χ0) is 17.2. The van der Waals surface area contributed by atoms with Gasteiger partial charge in [0.15, 0.2) is 9.84 Å². The number of benzene rings is 2. The van der Waals surface area contributed by atoms with Gasteiger partial charge in [-0.2, -0.15) is 0 Å². The van der Waals surface area contributed by atoms with Crippen LogP contribution in [-0.2, 0) is 16.3 Å². The minimum atomic E-state index is -3.41. The molecule has 0 radical (unpaired) electrons. The van der Waals surface area contributed by atoms with Crippen LogP contribution in [0.4, 0.5) is 0 Å². The molecule has 2 aromatic rings. The van der Waals surface area contributed by atoms with E-state index in [1.807, 2.05) is 6.07 Å². The molecule has 0 unspecified atom stereocenters. The average molecular weight is 373 g/mol. The molecule has 4 atom stereocenters. The summed E-state index contributed by atoms with van der Waals surface area (Å²) in [6, 6.07) is 15.1. The van der Waals surface area contributed by atoms with Gasteiger partial charge in [-0.15, -0.1) is 0 Å². The van der Waals surface area contributed by atoms with Crippen LogP contribution in [0, 0.1) is 11.8 Å². The zero-order valence-corrected chi connectivity index (χ0v) is 15.6. The molecule has 25 heavy (non-hydrogen) atoms. The summed E-state index contributed by atoms with van der Waals surface area (Å²) >= 11 is 5.99. The second-order valence-electron chi connectivity index (χ2n) is 7.82. The predicted molar refractivity (Wildman–Crippen MR) is 99.7 cm³/mol. The lowest BCUT2D eigenvalue weighted by Crippen LogP contribution is -2.64. The third-order valence-electron chi connectivity index (χ3n) is 6.88. The van der Waals surface area contributed by atoms with Crippen LogP contribution in [-0.4, -0.2) is 13.2 Å². The van der Waals surface area contributed by atoms with E-state index in [1.165, 1.54) is 24.0 Å². The molecule has 130 valence electrons. The van der Waals surface area contributed by atoms with E-state index < -0.39 is 14.6 Å². The first-order valence-electron chi connectivity index (χ1n) is 9.14. The van der Waals surface area contributed by atoms with Crippen molar-refractivity contribution < 1.29 is 8.42 Å². The Morgan fingerprint density at radius 1 is 0.960 bits per heavy atom. The second-order valence-corrected chi connectivity index (χ2v) is 10.5. The maximum absolute atomic E-state index is 13.8. The fourth-order valence-corrected chi connectivity index (χ4v) is 8.70. The molecule has 2 saturated carbocycles. The van der Waals surface area contributed by atoms with E-state index in [4.69, 9.17) is 11.6 Å². The van der Waals surface area contributed by atoms with Gasteiger partial charge in [-0.25, -0.2) is 8.42 Å². The van der Waals surface area contributed by atoms with Crippen LogP contribution in [0.25, 0.3) is 0 Å². The summed E-state index contributed by atoms with van der Waals surface area (Å²) in [7, 11) is -3.41. The number of hydrogen-bond donors (Lipinski definition) is 0. The highest BCUT2D eigenvalue weighted by molar-refractivity contribution is 7.93. The Labute approximate surface area is 154 Å². The first-order chi connectivity index (χ1) is 12.1. The molecule has 0 saturated heterocycles. The smallest absolute Gasteiger partial charge is 0.185 e. The monoisotopic (exact) mass is 372 g/mol. The van der Waals surface area contributed by atoms with E-state index in [0.29, 0.717) is 28.2 Å². The molecular weight excluding hydrogens is 352 g/mol. The van der Waals surface area contributed by atoms with Crippen LogP contribution in [0.2, 0.25) is 5.02 Å². The van der Waals surface area contributed by atoms with Gasteiger partial charge in [0.25, 0.3) is 0 Å². The van der Waals surface area contributed by atoms with Gasteiger partial charge < -0.3 is 0 Å². The third kappa shape index (κ3) is 1.94. The highest BCUT2D eigenvalue weighted by Crippen LogP contribution is 2.69. The normalized spacial score (nSPS) is 33.1. The molecule has 0 spiro atoms. The summed E-state index contributed by atoms with van der Waals surface area (Å²) in [5.74, 6) is 0.980. The fraction of sp³-hybridized carbons (Fsp3) is 0.429. The first kappa shape index (κ1) is 15.9. The van der Waals surface area contributed by atoms with Gasteiger partial charge in [0.2, 0.25) is 0 Å². The van der Waals surface area contributed by atoms with Crippen molar-refractivity contribution in [2.24, 2.45) is 11.8 Å². The molecule has 4 heteroatoms. The summed E-state index contributed by atoms with van der Waals surface area (Å²) in [4.78, 5) is 0.429. The van der Waals surface area contributed by atoms with Crippen molar-refractivity contribution in [3.63, 3.8) is 0 Å². The van der Waals surface area contributed by atoms with Crippen LogP contribution in [0.1, 0.15) is 42.7 Å². The lowest BCUT2D eigenvalue weighted by molar-refractivity contribution is 0.0284. The summed E-state index contributed by atoms with van der Waals surface area (Å²) in [5, 5.41) is 0.576. The van der Waals surface area contributed by atoms with E-state index in [-0.39, 0.29) is 5.92 Å². The molecule has 2 fully saturated rings. The highest BCUT2D eigenvalue weighted by atomic mass is 35.5. The van der Waals surface area contributed by atoms with Crippen molar-refractivity contribution in [3.05, 3.63) is 64.7 Å². The van der Waals surface area contributed by atoms with Crippen molar-refractivity contribution >= 4 is 21.4 Å². The molecule has 3 aliphatic carbocycles. The fourth-order valence-electron chi connectivity index (χ4n) is 5.97. The number of hydrogen-bond acceptors (Lipinski definition) is 2. The van der Waals surface area contributed by atoms with Crippen molar-refractivity contribution in [3.8, 4) is 0 Å². The van der Waals surface area contributed by atoms with Crippen LogP contribution in [0.3, 0.4) is 0 Å². The van der Waals surface area contributed by atoms with E-state index >= 15 is 0 Å². The minimum Gasteiger partial charge on any atom is -0.223 e. The Bertz CT molecular complexity index is 935. The van der Waals surface area contributed by atoms with Crippen molar-refractivity contribution in [2.45, 2.75) is 47.7 Å². The predicted octanol–water partition coefficient (Wildman–Crippen LogP) is 5.01. The van der Waals surface area contributed by atoms with Gasteiger partial charge in [0.05, 0.1) is 9.64 Å². The molecule has 0 heterocycles. The van der Waals surface area contributed by atoms with E-state index in [2.05, 4.69) is 18.2 Å². The number of rotatable bonds is 2. The Morgan fingerprint density at radius 2 is 1.68 bits per heavy atom. The molecule has 0 aliphatic heterocycles. The van der Waals surface area contributed by atoms with Crippen LogP contribution in [0.5, 0.6) is 0 Å². The largest absolute Gasteiger partial charge is 0.223 e. The molecule has 0 bridgehead atoms. The van der Waals surface area contributed by atoms with Crippen LogP contribution < -0.4 is 0 Å². The Hall–Kier alpha value is -1.32. The zero-order valence-electron chi connectivity index (χ0n) is 14.0. The molecule has 0 aromatic heterocycles. The van der Waals surface area contributed by atoms with E-state index in [0.717, 1.165) is 12.8 Å². The molecule has 3 aliphatic rings. The van der Waals surface area contributed by atoms with Crippen LogP contribution in [0.15, 0.2) is 53.4 Å². The molecule has 0 amide bonds. The third-order valence-corrected chi connectivity index (χ3v) is 9.73. The molecule has 2 aromatic carbocycles. The number of sulfone groups is 1. The summed E-state index contributed by atoms with van der Waals surface area (Å²) in [5.41, 5.74) is 2.52. The SMILES string of the molecule is O=S(=O)(c1ccc(Cl)cc1)[C@]12Cc3ccccc3[C@@H]1[C@H]1CCCC[C@@H]12. The lowest BCUT2D eigenvalue weighted by Gasteiger charge is -2.60. The van der Waals surface area contributed by atoms with Gasteiger partial charge in [-0.05, 0) is 66.5 Å². The number of fused-ring (bicyclic) bond motifs is 6. The van der Waals surface area contributed by atoms with Crippen molar-refractivity contribution in [1.29, 1.82) is 0 Å². The summed E-state index contributed by atoms with van der Waals surface area (Å²) in [6.45, 7) is 0. The van der Waals surface area contributed by atoms with Crippen molar-refractivity contribution in [1.82, 2.24) is 0 Å². The van der Waals surface area contributed by atoms with Crippen LogP contribution >= 0.6 is 11.6 Å². The van der Waals surface area contributed by atoms with Gasteiger partial charge in [-0.1, -0.05) is 48.7 Å². The van der Waals surface area contributed by atoms with Gasteiger partial charge >= 0.3 is 0 Å². The molecule has 5 rings (SSSR count). The maximum atomic E-state index is 13.8. The Balaban J connectivity index is 1.69. The number of halogens is 1. The summed E-state index contributed by atoms with van der Waals surface area (Å²) in [6.07, 6.45) is 5.27. The highest BCUT2D eigenvalue weighted by Gasteiger charge is 2.71. The molecular formula is C21H21ClO2S. The van der Waals surface area contributed by atoms with E-state index in [1.54, 1.807) is 24.3 Å².